The number of ether oxygens (including phenoxy) is 2. The molecule has 0 amide bonds. The molecule has 0 aliphatic carbocycles. The van der Waals surface area contributed by atoms with E-state index in [4.69, 9.17) is 15.3 Å². The van der Waals surface area contributed by atoms with Crippen molar-refractivity contribution in [1.29, 1.82) is 0 Å². The summed E-state index contributed by atoms with van der Waals surface area (Å²) < 4.78 is 10.6. The summed E-state index contributed by atoms with van der Waals surface area (Å²) in [6.07, 6.45) is 0.798. The van der Waals surface area contributed by atoms with Crippen LogP contribution >= 0.6 is 0 Å². The maximum Gasteiger partial charge on any atom is 0.219 e. The molecule has 0 bridgehead atoms. The fraction of sp³-hybridized carbons (Fsp3) is 0.286. The normalized spacial score (nSPS) is 10.3. The molecule has 2 rings (SSSR count). The predicted molar refractivity (Wildman–Crippen MR) is 77.3 cm³/mol. The summed E-state index contributed by atoms with van der Waals surface area (Å²) >= 11 is 0. The molecule has 0 unspecified atom stereocenters. The number of benzene rings is 1. The molecule has 6 heteroatoms. The van der Waals surface area contributed by atoms with E-state index in [0.717, 1.165) is 12.0 Å². The second-order valence-electron chi connectivity index (χ2n) is 4.12. The van der Waals surface area contributed by atoms with E-state index in [1.807, 2.05) is 30.3 Å². The van der Waals surface area contributed by atoms with Crippen LogP contribution in [0.4, 0.5) is 5.82 Å². The standard InChI is InChI=1S/C14H18N4O2/c1-19-8-5-9-20-13-10-12(18-15)16-14(17-13)11-6-3-2-4-7-11/h2-4,6-7,10H,5,8-9,15H2,1H3,(H,16,17,18). The van der Waals surface area contributed by atoms with E-state index in [0.29, 0.717) is 30.7 Å². The summed E-state index contributed by atoms with van der Waals surface area (Å²) in [7, 11) is 1.66. The number of nitrogen functional groups attached to an aromatic ring is 1. The zero-order chi connectivity index (χ0) is 14.2. The highest BCUT2D eigenvalue weighted by atomic mass is 16.5. The van der Waals surface area contributed by atoms with Crippen LogP contribution in [-0.4, -0.2) is 30.3 Å². The first kappa shape index (κ1) is 14.2. The number of rotatable bonds is 7. The van der Waals surface area contributed by atoms with E-state index < -0.39 is 0 Å². The molecule has 0 aliphatic rings. The Balaban J connectivity index is 2.16. The first-order valence-electron chi connectivity index (χ1n) is 6.36. The van der Waals surface area contributed by atoms with E-state index >= 15 is 0 Å². The molecule has 0 radical (unpaired) electrons. The average molecular weight is 274 g/mol. The van der Waals surface area contributed by atoms with Crippen molar-refractivity contribution < 1.29 is 9.47 Å². The highest BCUT2D eigenvalue weighted by Gasteiger charge is 2.07. The fourth-order valence-electron chi connectivity index (χ4n) is 1.67. The molecule has 0 saturated heterocycles. The van der Waals surface area contributed by atoms with Crippen LogP contribution < -0.4 is 16.0 Å². The fourth-order valence-corrected chi connectivity index (χ4v) is 1.67. The van der Waals surface area contributed by atoms with Crippen molar-refractivity contribution in [3.63, 3.8) is 0 Å². The van der Waals surface area contributed by atoms with Crippen LogP contribution in [0.15, 0.2) is 36.4 Å². The molecule has 1 aromatic heterocycles. The summed E-state index contributed by atoms with van der Waals surface area (Å²) in [4.78, 5) is 8.69. The SMILES string of the molecule is COCCCOc1cc(NN)nc(-c2ccccc2)n1. The minimum Gasteiger partial charge on any atom is -0.477 e. The Kier molecular flexibility index (Phi) is 5.28. The maximum absolute atomic E-state index is 5.59. The minimum absolute atomic E-state index is 0.489. The highest BCUT2D eigenvalue weighted by Crippen LogP contribution is 2.20. The van der Waals surface area contributed by atoms with Crippen molar-refractivity contribution in [2.24, 2.45) is 5.84 Å². The van der Waals surface area contributed by atoms with Crippen LogP contribution in [0.5, 0.6) is 5.88 Å². The van der Waals surface area contributed by atoms with Gasteiger partial charge in [0.2, 0.25) is 5.88 Å². The van der Waals surface area contributed by atoms with Crippen molar-refractivity contribution in [2.75, 3.05) is 25.7 Å². The van der Waals surface area contributed by atoms with Gasteiger partial charge in [-0.1, -0.05) is 30.3 Å². The van der Waals surface area contributed by atoms with Gasteiger partial charge in [-0.05, 0) is 0 Å². The van der Waals surface area contributed by atoms with Crippen molar-refractivity contribution in [2.45, 2.75) is 6.42 Å². The number of anilines is 1. The molecule has 0 saturated carbocycles. The molecule has 1 heterocycles. The molecule has 20 heavy (non-hydrogen) atoms. The Morgan fingerprint density at radius 3 is 2.65 bits per heavy atom. The average Bonchev–Trinajstić information content (AvgIpc) is 2.52. The Bertz CT molecular complexity index is 534. The zero-order valence-corrected chi connectivity index (χ0v) is 11.4. The van der Waals surface area contributed by atoms with E-state index in [1.165, 1.54) is 0 Å². The van der Waals surface area contributed by atoms with Gasteiger partial charge in [-0.15, -0.1) is 0 Å². The molecule has 0 aliphatic heterocycles. The van der Waals surface area contributed by atoms with Crippen LogP contribution in [0.25, 0.3) is 11.4 Å². The lowest BCUT2D eigenvalue weighted by Crippen LogP contribution is -2.11. The zero-order valence-electron chi connectivity index (χ0n) is 11.4. The number of hydrogen-bond acceptors (Lipinski definition) is 6. The maximum atomic E-state index is 5.59. The second kappa shape index (κ2) is 7.42. The molecule has 3 N–H and O–H groups in total. The van der Waals surface area contributed by atoms with Crippen molar-refractivity contribution in [1.82, 2.24) is 9.97 Å². The smallest absolute Gasteiger partial charge is 0.219 e. The number of hydrogen-bond donors (Lipinski definition) is 2. The van der Waals surface area contributed by atoms with Crippen LogP contribution in [0.1, 0.15) is 6.42 Å². The third-order valence-electron chi connectivity index (χ3n) is 2.63. The number of methoxy groups -OCH3 is 1. The largest absolute Gasteiger partial charge is 0.477 e. The van der Waals surface area contributed by atoms with Crippen LogP contribution in [0, 0.1) is 0 Å². The van der Waals surface area contributed by atoms with Gasteiger partial charge in [0.25, 0.3) is 0 Å². The topological polar surface area (TPSA) is 82.3 Å². The van der Waals surface area contributed by atoms with Gasteiger partial charge in [-0.3, -0.25) is 0 Å². The van der Waals surface area contributed by atoms with E-state index in [9.17, 15) is 0 Å². The van der Waals surface area contributed by atoms with Crippen LogP contribution in [0.3, 0.4) is 0 Å². The predicted octanol–water partition coefficient (Wildman–Crippen LogP) is 1.84. The first-order chi connectivity index (χ1) is 9.83. The molecular weight excluding hydrogens is 256 g/mol. The van der Waals surface area contributed by atoms with Gasteiger partial charge in [0.15, 0.2) is 5.82 Å². The lowest BCUT2D eigenvalue weighted by Gasteiger charge is -2.09. The third kappa shape index (κ3) is 3.91. The van der Waals surface area contributed by atoms with Gasteiger partial charge >= 0.3 is 0 Å². The van der Waals surface area contributed by atoms with Gasteiger partial charge in [-0.25, -0.2) is 10.8 Å². The van der Waals surface area contributed by atoms with Gasteiger partial charge in [0.05, 0.1) is 6.61 Å². The van der Waals surface area contributed by atoms with E-state index in [1.54, 1.807) is 13.2 Å². The summed E-state index contributed by atoms with van der Waals surface area (Å²) in [6, 6.07) is 11.3. The van der Waals surface area contributed by atoms with Gasteiger partial charge < -0.3 is 14.9 Å². The number of aromatic nitrogens is 2. The van der Waals surface area contributed by atoms with Gasteiger partial charge in [0.1, 0.15) is 5.82 Å². The monoisotopic (exact) mass is 274 g/mol. The van der Waals surface area contributed by atoms with Crippen LogP contribution in [-0.2, 0) is 4.74 Å². The summed E-state index contributed by atoms with van der Waals surface area (Å²) in [5.74, 6) is 7.00. The lowest BCUT2D eigenvalue weighted by molar-refractivity contribution is 0.170. The molecular formula is C14H18N4O2. The number of nitrogens with one attached hydrogen (secondary N) is 1. The highest BCUT2D eigenvalue weighted by molar-refractivity contribution is 5.57. The minimum atomic E-state index is 0.489. The Hall–Kier alpha value is -2.18. The lowest BCUT2D eigenvalue weighted by atomic mass is 10.2. The molecule has 0 atom stereocenters. The molecule has 1 aromatic carbocycles. The quantitative estimate of drug-likeness (QED) is 0.455. The van der Waals surface area contributed by atoms with Gasteiger partial charge in [-0.2, -0.15) is 4.98 Å². The Morgan fingerprint density at radius 2 is 1.95 bits per heavy atom. The molecule has 6 nitrogen and oxygen atoms in total. The molecule has 0 spiro atoms. The van der Waals surface area contributed by atoms with Crippen LogP contribution in [0.2, 0.25) is 0 Å². The van der Waals surface area contributed by atoms with Crippen molar-refractivity contribution >= 4 is 5.82 Å². The Labute approximate surface area is 117 Å². The summed E-state index contributed by atoms with van der Waals surface area (Å²) in [6.45, 7) is 1.18. The van der Waals surface area contributed by atoms with E-state index in [2.05, 4.69) is 15.4 Å². The second-order valence-corrected chi connectivity index (χ2v) is 4.12. The third-order valence-corrected chi connectivity index (χ3v) is 2.63. The number of hydrazine groups is 1. The van der Waals surface area contributed by atoms with Crippen molar-refractivity contribution in [3.8, 4) is 17.3 Å². The summed E-state index contributed by atoms with van der Waals surface area (Å²) in [5, 5.41) is 0. The van der Waals surface area contributed by atoms with Gasteiger partial charge in [0, 0.05) is 31.8 Å². The van der Waals surface area contributed by atoms with E-state index in [-0.39, 0.29) is 0 Å². The molecule has 2 aromatic rings. The number of nitrogens with zero attached hydrogens (tertiary/aromatic N) is 2. The Morgan fingerprint density at radius 1 is 1.15 bits per heavy atom. The summed E-state index contributed by atoms with van der Waals surface area (Å²) in [5.41, 5.74) is 3.43. The molecule has 0 fully saturated rings. The molecule has 106 valence electrons. The number of nitrogens with two attached hydrogens (primary N) is 1. The van der Waals surface area contributed by atoms with Crippen molar-refractivity contribution in [3.05, 3.63) is 36.4 Å². The first-order valence-corrected chi connectivity index (χ1v) is 6.36.